The van der Waals surface area contributed by atoms with Gasteiger partial charge in [0.1, 0.15) is 0 Å². The van der Waals surface area contributed by atoms with Gasteiger partial charge in [0.25, 0.3) is 0 Å². The minimum Gasteiger partial charge on any atom is -0.368 e. The maximum Gasteiger partial charge on any atom is 0.234 e. The molecule has 100 valence electrons. The molecular weight excluding hydrogens is 242 g/mol. The SMILES string of the molecule is CC(C(N)=O)N1CCCC(CNS(C)(=O)=O)C1. The van der Waals surface area contributed by atoms with Crippen molar-refractivity contribution >= 4 is 15.9 Å². The van der Waals surface area contributed by atoms with Crippen molar-refractivity contribution in [2.45, 2.75) is 25.8 Å². The lowest BCUT2D eigenvalue weighted by Crippen LogP contribution is -2.49. The van der Waals surface area contributed by atoms with E-state index in [0.717, 1.165) is 25.6 Å². The maximum atomic E-state index is 11.1. The minimum absolute atomic E-state index is 0.250. The number of sulfonamides is 1. The van der Waals surface area contributed by atoms with Gasteiger partial charge in [-0.05, 0) is 32.2 Å². The van der Waals surface area contributed by atoms with Gasteiger partial charge in [-0.2, -0.15) is 0 Å². The largest absolute Gasteiger partial charge is 0.368 e. The van der Waals surface area contributed by atoms with Crippen molar-refractivity contribution < 1.29 is 13.2 Å². The molecule has 6 nitrogen and oxygen atoms in total. The van der Waals surface area contributed by atoms with Crippen LogP contribution in [0.25, 0.3) is 0 Å². The van der Waals surface area contributed by atoms with Crippen LogP contribution in [0.15, 0.2) is 0 Å². The molecule has 2 atom stereocenters. The van der Waals surface area contributed by atoms with Crippen LogP contribution in [0.5, 0.6) is 0 Å². The van der Waals surface area contributed by atoms with E-state index in [2.05, 4.69) is 4.72 Å². The number of amides is 1. The highest BCUT2D eigenvalue weighted by Crippen LogP contribution is 2.17. The Hall–Kier alpha value is -0.660. The number of primary amides is 1. The Morgan fingerprint density at radius 2 is 2.24 bits per heavy atom. The predicted molar refractivity (Wildman–Crippen MR) is 65.8 cm³/mol. The number of hydrogen-bond acceptors (Lipinski definition) is 4. The Bertz CT molecular complexity index is 369. The molecule has 0 bridgehead atoms. The summed E-state index contributed by atoms with van der Waals surface area (Å²) in [5.74, 6) is -0.0815. The van der Waals surface area contributed by atoms with Gasteiger partial charge in [-0.1, -0.05) is 0 Å². The fourth-order valence-corrected chi connectivity index (χ4v) is 2.60. The van der Waals surface area contributed by atoms with Crippen LogP contribution in [-0.4, -0.2) is 51.2 Å². The van der Waals surface area contributed by atoms with Gasteiger partial charge < -0.3 is 5.73 Å². The number of nitrogens with zero attached hydrogens (tertiary/aromatic N) is 1. The van der Waals surface area contributed by atoms with E-state index in [1.54, 1.807) is 6.92 Å². The van der Waals surface area contributed by atoms with Crippen molar-refractivity contribution in [1.29, 1.82) is 0 Å². The van der Waals surface area contributed by atoms with Crippen LogP contribution in [0.1, 0.15) is 19.8 Å². The van der Waals surface area contributed by atoms with Crippen molar-refractivity contribution in [2.75, 3.05) is 25.9 Å². The van der Waals surface area contributed by atoms with Crippen molar-refractivity contribution in [3.63, 3.8) is 0 Å². The van der Waals surface area contributed by atoms with Gasteiger partial charge in [0.2, 0.25) is 15.9 Å². The summed E-state index contributed by atoms with van der Waals surface area (Å²) in [5.41, 5.74) is 5.26. The van der Waals surface area contributed by atoms with E-state index in [-0.39, 0.29) is 17.9 Å². The highest BCUT2D eigenvalue weighted by Gasteiger charge is 2.26. The number of likely N-dealkylation sites (tertiary alicyclic amines) is 1. The van der Waals surface area contributed by atoms with E-state index < -0.39 is 10.0 Å². The van der Waals surface area contributed by atoms with Gasteiger partial charge in [-0.15, -0.1) is 0 Å². The third-order valence-electron chi connectivity index (χ3n) is 3.14. The summed E-state index contributed by atoms with van der Waals surface area (Å²) >= 11 is 0. The average molecular weight is 263 g/mol. The minimum atomic E-state index is -3.14. The molecule has 7 heteroatoms. The first kappa shape index (κ1) is 14.4. The molecule has 1 aliphatic rings. The lowest BCUT2D eigenvalue weighted by atomic mass is 9.97. The number of carbonyl (C=O) groups is 1. The molecule has 0 radical (unpaired) electrons. The molecule has 0 saturated carbocycles. The van der Waals surface area contributed by atoms with E-state index >= 15 is 0 Å². The maximum absolute atomic E-state index is 11.1. The first-order valence-electron chi connectivity index (χ1n) is 5.77. The molecule has 3 N–H and O–H groups in total. The van der Waals surface area contributed by atoms with Crippen molar-refractivity contribution in [2.24, 2.45) is 11.7 Å². The topological polar surface area (TPSA) is 92.5 Å². The van der Waals surface area contributed by atoms with Gasteiger partial charge in [0.05, 0.1) is 12.3 Å². The normalized spacial score (nSPS) is 24.5. The third-order valence-corrected chi connectivity index (χ3v) is 3.84. The molecule has 0 aromatic heterocycles. The number of nitrogens with two attached hydrogens (primary N) is 1. The van der Waals surface area contributed by atoms with Gasteiger partial charge in [-0.3, -0.25) is 9.69 Å². The summed E-state index contributed by atoms with van der Waals surface area (Å²) < 4.78 is 24.5. The molecule has 1 saturated heterocycles. The lowest BCUT2D eigenvalue weighted by Gasteiger charge is -2.35. The number of piperidine rings is 1. The van der Waals surface area contributed by atoms with E-state index in [9.17, 15) is 13.2 Å². The summed E-state index contributed by atoms with van der Waals surface area (Å²) in [7, 11) is -3.14. The van der Waals surface area contributed by atoms with Gasteiger partial charge in [0, 0.05) is 13.1 Å². The average Bonchev–Trinajstić information content (AvgIpc) is 2.24. The van der Waals surface area contributed by atoms with Gasteiger partial charge >= 0.3 is 0 Å². The van der Waals surface area contributed by atoms with E-state index in [0.29, 0.717) is 13.1 Å². The molecule has 2 unspecified atom stereocenters. The Labute approximate surface area is 103 Å². The quantitative estimate of drug-likeness (QED) is 0.674. The van der Waals surface area contributed by atoms with Gasteiger partial charge in [-0.25, -0.2) is 13.1 Å². The molecule has 1 aliphatic heterocycles. The smallest absolute Gasteiger partial charge is 0.234 e. The molecular formula is C10H21N3O3S. The van der Waals surface area contributed by atoms with Crippen LogP contribution in [-0.2, 0) is 14.8 Å². The molecule has 1 fully saturated rings. The van der Waals surface area contributed by atoms with E-state index in [1.807, 2.05) is 4.90 Å². The highest BCUT2D eigenvalue weighted by molar-refractivity contribution is 7.88. The first-order chi connectivity index (χ1) is 7.79. The Balaban J connectivity index is 2.46. The molecule has 17 heavy (non-hydrogen) atoms. The molecule has 1 rings (SSSR count). The predicted octanol–water partition coefficient (Wildman–Crippen LogP) is -0.879. The van der Waals surface area contributed by atoms with Crippen molar-refractivity contribution in [1.82, 2.24) is 9.62 Å². The zero-order valence-electron chi connectivity index (χ0n) is 10.3. The lowest BCUT2D eigenvalue weighted by molar-refractivity contribution is -0.123. The van der Waals surface area contributed by atoms with Crippen molar-refractivity contribution in [3.05, 3.63) is 0 Å². The van der Waals surface area contributed by atoms with Crippen molar-refractivity contribution in [3.8, 4) is 0 Å². The molecule has 1 amide bonds. The Morgan fingerprint density at radius 1 is 1.59 bits per heavy atom. The van der Waals surface area contributed by atoms with Crippen LogP contribution in [0.2, 0.25) is 0 Å². The number of hydrogen-bond donors (Lipinski definition) is 2. The summed E-state index contributed by atoms with van der Waals surface area (Å²) in [6.45, 7) is 3.78. The second-order valence-corrected chi connectivity index (χ2v) is 6.54. The zero-order chi connectivity index (χ0) is 13.1. The number of nitrogens with one attached hydrogen (secondary N) is 1. The molecule has 0 aromatic carbocycles. The van der Waals surface area contributed by atoms with Crippen LogP contribution in [0.3, 0.4) is 0 Å². The molecule has 0 aliphatic carbocycles. The Kier molecular flexibility index (Phi) is 4.91. The first-order valence-corrected chi connectivity index (χ1v) is 7.66. The second kappa shape index (κ2) is 5.79. The standard InChI is InChI=1S/C10H21N3O3S/c1-8(10(11)14)13-5-3-4-9(7-13)6-12-17(2,15)16/h8-9,12H,3-7H2,1-2H3,(H2,11,14). The van der Waals surface area contributed by atoms with Gasteiger partial charge in [0.15, 0.2) is 0 Å². The molecule has 0 aromatic rings. The van der Waals surface area contributed by atoms with Crippen LogP contribution >= 0.6 is 0 Å². The highest BCUT2D eigenvalue weighted by atomic mass is 32.2. The second-order valence-electron chi connectivity index (χ2n) is 4.70. The number of carbonyl (C=O) groups excluding carboxylic acids is 1. The fourth-order valence-electron chi connectivity index (χ4n) is 2.06. The molecule has 1 heterocycles. The summed E-state index contributed by atoms with van der Waals surface area (Å²) in [6.07, 6.45) is 3.10. The monoisotopic (exact) mass is 263 g/mol. The van der Waals surface area contributed by atoms with Crippen LogP contribution < -0.4 is 10.5 Å². The third kappa shape index (κ3) is 5.01. The molecule has 0 spiro atoms. The fraction of sp³-hybridized carbons (Fsp3) is 0.900. The van der Waals surface area contributed by atoms with Crippen LogP contribution in [0.4, 0.5) is 0 Å². The van der Waals surface area contributed by atoms with E-state index in [1.165, 1.54) is 0 Å². The van der Waals surface area contributed by atoms with E-state index in [4.69, 9.17) is 5.73 Å². The zero-order valence-corrected chi connectivity index (χ0v) is 11.2. The van der Waals surface area contributed by atoms with Crippen LogP contribution in [0, 0.1) is 5.92 Å². The summed E-state index contributed by atoms with van der Waals surface area (Å²) in [4.78, 5) is 13.1. The summed E-state index contributed by atoms with van der Waals surface area (Å²) in [6, 6.07) is -0.281. The Morgan fingerprint density at radius 3 is 2.76 bits per heavy atom. The summed E-state index contributed by atoms with van der Waals surface area (Å²) in [5, 5.41) is 0. The number of rotatable bonds is 5.